The molecule has 5 heteroatoms. The molecule has 1 heterocycles. The summed E-state index contributed by atoms with van der Waals surface area (Å²) in [5, 5.41) is 14.5. The summed E-state index contributed by atoms with van der Waals surface area (Å²) in [4.78, 5) is 15.0. The average molecular weight is 299 g/mol. The summed E-state index contributed by atoms with van der Waals surface area (Å²) in [6.07, 6.45) is 1.28. The van der Waals surface area contributed by atoms with E-state index in [1.54, 1.807) is 0 Å². The molecular weight excluding hydrogens is 288 g/mol. The minimum absolute atomic E-state index is 0.0588. The Labute approximate surface area is 126 Å². The Balaban J connectivity index is 2.01. The molecule has 104 valence electrons. The Morgan fingerprint density at radius 1 is 1.14 bits per heavy atom. The molecule has 2 N–H and O–H groups in total. The van der Waals surface area contributed by atoms with Crippen molar-refractivity contribution in [1.82, 2.24) is 4.98 Å². The summed E-state index contributed by atoms with van der Waals surface area (Å²) in [7, 11) is 0. The van der Waals surface area contributed by atoms with Crippen molar-refractivity contribution in [3.8, 4) is 0 Å². The van der Waals surface area contributed by atoms with E-state index in [0.717, 1.165) is 16.5 Å². The fourth-order valence-electron chi connectivity index (χ4n) is 2.11. The number of benzene rings is 2. The van der Waals surface area contributed by atoms with Gasteiger partial charge in [-0.05, 0) is 17.5 Å². The monoisotopic (exact) mass is 298 g/mol. The molecule has 0 saturated heterocycles. The summed E-state index contributed by atoms with van der Waals surface area (Å²) in [6, 6.07) is 15.2. The van der Waals surface area contributed by atoms with Crippen molar-refractivity contribution in [3.63, 3.8) is 0 Å². The van der Waals surface area contributed by atoms with Crippen molar-refractivity contribution in [2.75, 3.05) is 5.32 Å². The predicted molar refractivity (Wildman–Crippen MR) is 83.4 cm³/mol. The predicted octanol–water partition coefficient (Wildman–Crippen LogP) is 4.33. The zero-order valence-electron chi connectivity index (χ0n) is 10.9. The molecule has 4 nitrogen and oxygen atoms in total. The molecule has 0 fully saturated rings. The van der Waals surface area contributed by atoms with Crippen molar-refractivity contribution in [2.24, 2.45) is 0 Å². The standard InChI is InChI=1S/C16H11ClN2O2/c17-13-8-11(16(20)21)9-18-15(13)19-14-7-3-5-10-4-1-2-6-12(10)14/h1-9H,(H,18,19)(H,20,21). The fourth-order valence-corrected chi connectivity index (χ4v) is 2.32. The zero-order chi connectivity index (χ0) is 14.8. The lowest BCUT2D eigenvalue weighted by Crippen LogP contribution is -2.00. The van der Waals surface area contributed by atoms with Crippen molar-refractivity contribution in [2.45, 2.75) is 0 Å². The molecule has 3 aromatic rings. The van der Waals surface area contributed by atoms with Crippen LogP contribution in [0.5, 0.6) is 0 Å². The van der Waals surface area contributed by atoms with Crippen LogP contribution in [0, 0.1) is 0 Å². The van der Waals surface area contributed by atoms with Crippen LogP contribution >= 0.6 is 11.6 Å². The summed E-state index contributed by atoms with van der Waals surface area (Å²) in [5.41, 5.74) is 0.925. The van der Waals surface area contributed by atoms with E-state index in [2.05, 4.69) is 10.3 Å². The van der Waals surface area contributed by atoms with Crippen LogP contribution in [-0.2, 0) is 0 Å². The van der Waals surface area contributed by atoms with Gasteiger partial charge in [0.2, 0.25) is 0 Å². The minimum atomic E-state index is -1.05. The Kier molecular flexibility index (Phi) is 3.46. The highest BCUT2D eigenvalue weighted by Gasteiger charge is 2.09. The third kappa shape index (κ3) is 2.66. The second kappa shape index (κ2) is 5.42. The molecule has 0 spiro atoms. The number of hydrogen-bond donors (Lipinski definition) is 2. The van der Waals surface area contributed by atoms with Gasteiger partial charge < -0.3 is 10.4 Å². The van der Waals surface area contributed by atoms with Gasteiger partial charge in [0, 0.05) is 17.3 Å². The molecule has 1 aromatic heterocycles. The van der Waals surface area contributed by atoms with Crippen LogP contribution in [0.25, 0.3) is 10.8 Å². The number of aromatic nitrogens is 1. The first-order valence-corrected chi connectivity index (χ1v) is 6.66. The Morgan fingerprint density at radius 3 is 2.67 bits per heavy atom. The molecule has 0 unspecified atom stereocenters. The Bertz CT molecular complexity index is 828. The Hall–Kier alpha value is -2.59. The molecular formula is C16H11ClN2O2. The first-order valence-electron chi connectivity index (χ1n) is 6.29. The van der Waals surface area contributed by atoms with Gasteiger partial charge in [0.1, 0.15) is 5.82 Å². The van der Waals surface area contributed by atoms with E-state index in [9.17, 15) is 4.79 Å². The highest BCUT2D eigenvalue weighted by molar-refractivity contribution is 6.33. The molecule has 3 rings (SSSR count). The van der Waals surface area contributed by atoms with Crippen LogP contribution in [0.2, 0.25) is 5.02 Å². The molecule has 0 saturated carbocycles. The second-order valence-electron chi connectivity index (χ2n) is 4.51. The van der Waals surface area contributed by atoms with Gasteiger partial charge in [-0.1, -0.05) is 48.0 Å². The maximum atomic E-state index is 10.9. The van der Waals surface area contributed by atoms with Crippen LogP contribution in [-0.4, -0.2) is 16.1 Å². The number of carbonyl (C=O) groups is 1. The number of nitrogens with zero attached hydrogens (tertiary/aromatic N) is 1. The normalized spacial score (nSPS) is 10.5. The minimum Gasteiger partial charge on any atom is -0.478 e. The maximum Gasteiger partial charge on any atom is 0.337 e. The number of fused-ring (bicyclic) bond motifs is 1. The lowest BCUT2D eigenvalue weighted by Gasteiger charge is -2.10. The first-order chi connectivity index (χ1) is 10.1. The van der Waals surface area contributed by atoms with Crippen molar-refractivity contribution >= 4 is 39.8 Å². The van der Waals surface area contributed by atoms with Gasteiger partial charge in [-0.25, -0.2) is 9.78 Å². The van der Waals surface area contributed by atoms with Crippen molar-refractivity contribution in [3.05, 3.63) is 65.3 Å². The zero-order valence-corrected chi connectivity index (χ0v) is 11.6. The van der Waals surface area contributed by atoms with E-state index in [1.165, 1.54) is 12.3 Å². The van der Waals surface area contributed by atoms with Gasteiger partial charge in [0.15, 0.2) is 0 Å². The van der Waals surface area contributed by atoms with E-state index in [0.29, 0.717) is 5.82 Å². The van der Waals surface area contributed by atoms with Gasteiger partial charge in [-0.3, -0.25) is 0 Å². The van der Waals surface area contributed by atoms with Crippen molar-refractivity contribution < 1.29 is 9.90 Å². The van der Waals surface area contributed by atoms with Gasteiger partial charge >= 0.3 is 5.97 Å². The lowest BCUT2D eigenvalue weighted by atomic mass is 10.1. The number of carboxylic acids is 1. The van der Waals surface area contributed by atoms with E-state index < -0.39 is 5.97 Å². The molecule has 21 heavy (non-hydrogen) atoms. The number of pyridine rings is 1. The van der Waals surface area contributed by atoms with Crippen LogP contribution in [0.4, 0.5) is 11.5 Å². The summed E-state index contributed by atoms with van der Waals surface area (Å²) in [5.74, 6) is -0.626. The molecule has 0 radical (unpaired) electrons. The molecule has 0 aliphatic carbocycles. The average Bonchev–Trinajstić information content (AvgIpc) is 2.49. The Morgan fingerprint density at radius 2 is 1.90 bits per heavy atom. The van der Waals surface area contributed by atoms with Gasteiger partial charge in [-0.2, -0.15) is 0 Å². The van der Waals surface area contributed by atoms with E-state index in [4.69, 9.17) is 16.7 Å². The largest absolute Gasteiger partial charge is 0.478 e. The van der Waals surface area contributed by atoms with E-state index in [-0.39, 0.29) is 10.6 Å². The van der Waals surface area contributed by atoms with Crippen LogP contribution < -0.4 is 5.32 Å². The van der Waals surface area contributed by atoms with Crippen molar-refractivity contribution in [1.29, 1.82) is 0 Å². The molecule has 0 amide bonds. The molecule has 2 aromatic carbocycles. The third-order valence-corrected chi connectivity index (χ3v) is 3.42. The summed E-state index contributed by atoms with van der Waals surface area (Å²) in [6.45, 7) is 0. The summed E-state index contributed by atoms with van der Waals surface area (Å²) >= 11 is 6.09. The highest BCUT2D eigenvalue weighted by atomic mass is 35.5. The van der Waals surface area contributed by atoms with Crippen LogP contribution in [0.15, 0.2) is 54.7 Å². The number of hydrogen-bond acceptors (Lipinski definition) is 3. The fraction of sp³-hybridized carbons (Fsp3) is 0. The van der Waals surface area contributed by atoms with Gasteiger partial charge in [0.25, 0.3) is 0 Å². The topological polar surface area (TPSA) is 62.2 Å². The van der Waals surface area contributed by atoms with E-state index >= 15 is 0 Å². The lowest BCUT2D eigenvalue weighted by molar-refractivity contribution is 0.0696. The van der Waals surface area contributed by atoms with Gasteiger partial charge in [-0.15, -0.1) is 0 Å². The first kappa shape index (κ1) is 13.4. The number of rotatable bonds is 3. The number of aromatic carboxylic acids is 1. The molecule has 0 bridgehead atoms. The van der Waals surface area contributed by atoms with Crippen LogP contribution in [0.3, 0.4) is 0 Å². The smallest absolute Gasteiger partial charge is 0.337 e. The highest BCUT2D eigenvalue weighted by Crippen LogP contribution is 2.29. The number of halogens is 1. The molecule has 0 atom stereocenters. The maximum absolute atomic E-state index is 10.9. The van der Waals surface area contributed by atoms with E-state index in [1.807, 2.05) is 42.5 Å². The summed E-state index contributed by atoms with van der Waals surface area (Å²) < 4.78 is 0. The number of anilines is 2. The van der Waals surface area contributed by atoms with Crippen LogP contribution in [0.1, 0.15) is 10.4 Å². The number of carboxylic acid groups (broad SMARTS) is 1. The van der Waals surface area contributed by atoms with Gasteiger partial charge in [0.05, 0.1) is 10.6 Å². The molecule has 0 aliphatic rings. The second-order valence-corrected chi connectivity index (χ2v) is 4.92. The molecule has 0 aliphatic heterocycles. The SMILES string of the molecule is O=C(O)c1cnc(Nc2cccc3ccccc23)c(Cl)c1. The quantitative estimate of drug-likeness (QED) is 0.755. The third-order valence-electron chi connectivity index (χ3n) is 3.13. The number of nitrogens with one attached hydrogen (secondary N) is 1.